The molecule has 0 bridgehead atoms. The molecule has 1 fully saturated rings. The van der Waals surface area contributed by atoms with Gasteiger partial charge >= 0.3 is 6.18 Å². The molecule has 21 heavy (non-hydrogen) atoms. The second kappa shape index (κ2) is 6.16. The molecule has 0 aliphatic heterocycles. The number of nitrogens with zero attached hydrogens (tertiary/aromatic N) is 2. The van der Waals surface area contributed by atoms with Crippen LogP contribution >= 0.6 is 11.6 Å². The van der Waals surface area contributed by atoms with Gasteiger partial charge in [-0.3, -0.25) is 4.68 Å². The second-order valence-electron chi connectivity index (χ2n) is 6.01. The third-order valence-corrected chi connectivity index (χ3v) is 4.53. The zero-order chi connectivity index (χ0) is 15.8. The summed E-state index contributed by atoms with van der Waals surface area (Å²) in [7, 11) is 0. The standard InChI is InChI=1S/C14H20ClF3N2O/c1-8(2)20-12(11(15)7-19-20)13(21)9-3-5-10(6-4-9)14(16,17)18/h7-10,13,21H,3-6H2,1-2H3. The molecule has 1 atom stereocenters. The van der Waals surface area contributed by atoms with Gasteiger partial charge in [-0.1, -0.05) is 11.6 Å². The van der Waals surface area contributed by atoms with Gasteiger partial charge in [0.1, 0.15) is 0 Å². The van der Waals surface area contributed by atoms with Crippen LogP contribution in [0.1, 0.15) is 57.4 Å². The molecule has 1 aromatic rings. The first-order chi connectivity index (χ1) is 9.71. The van der Waals surface area contributed by atoms with Gasteiger partial charge in [0.25, 0.3) is 0 Å². The molecule has 0 amide bonds. The Hall–Kier alpha value is -0.750. The van der Waals surface area contributed by atoms with E-state index in [1.165, 1.54) is 6.20 Å². The first-order valence-corrected chi connectivity index (χ1v) is 7.57. The predicted octanol–water partition coefficient (Wildman–Crippen LogP) is 4.52. The van der Waals surface area contributed by atoms with E-state index in [-0.39, 0.29) is 24.8 Å². The van der Waals surface area contributed by atoms with Crippen LogP contribution in [0.15, 0.2) is 6.20 Å². The highest BCUT2D eigenvalue weighted by Crippen LogP contribution is 2.44. The van der Waals surface area contributed by atoms with Gasteiger partial charge in [-0.05, 0) is 45.4 Å². The Morgan fingerprint density at radius 2 is 1.86 bits per heavy atom. The van der Waals surface area contributed by atoms with E-state index in [4.69, 9.17) is 11.6 Å². The van der Waals surface area contributed by atoms with Crippen LogP contribution in [0.5, 0.6) is 0 Å². The first-order valence-electron chi connectivity index (χ1n) is 7.19. The lowest BCUT2D eigenvalue weighted by atomic mass is 9.78. The number of alkyl halides is 3. The molecule has 2 rings (SSSR count). The molecule has 0 spiro atoms. The summed E-state index contributed by atoms with van der Waals surface area (Å²) < 4.78 is 39.7. The Morgan fingerprint density at radius 1 is 1.29 bits per heavy atom. The lowest BCUT2D eigenvalue weighted by molar-refractivity contribution is -0.186. The molecule has 0 aromatic carbocycles. The van der Waals surface area contributed by atoms with Crippen molar-refractivity contribution in [2.45, 2.75) is 57.9 Å². The van der Waals surface area contributed by atoms with Crippen LogP contribution in [-0.2, 0) is 0 Å². The van der Waals surface area contributed by atoms with Crippen LogP contribution in [0, 0.1) is 11.8 Å². The van der Waals surface area contributed by atoms with Crippen molar-refractivity contribution in [3.63, 3.8) is 0 Å². The van der Waals surface area contributed by atoms with Crippen molar-refractivity contribution in [2.24, 2.45) is 11.8 Å². The number of halogens is 4. The number of hydrogen-bond donors (Lipinski definition) is 1. The highest BCUT2D eigenvalue weighted by molar-refractivity contribution is 6.31. The minimum Gasteiger partial charge on any atom is -0.386 e. The molecule has 1 N–H and O–H groups in total. The van der Waals surface area contributed by atoms with E-state index >= 15 is 0 Å². The smallest absolute Gasteiger partial charge is 0.386 e. The van der Waals surface area contributed by atoms with Gasteiger partial charge in [-0.15, -0.1) is 0 Å². The Kier molecular flexibility index (Phi) is 4.88. The van der Waals surface area contributed by atoms with Crippen molar-refractivity contribution in [1.29, 1.82) is 0 Å². The molecular formula is C14H20ClF3N2O. The third-order valence-electron chi connectivity index (χ3n) is 4.24. The van der Waals surface area contributed by atoms with Crippen LogP contribution in [0.3, 0.4) is 0 Å². The summed E-state index contributed by atoms with van der Waals surface area (Å²) in [6.45, 7) is 3.83. The van der Waals surface area contributed by atoms with Gasteiger partial charge < -0.3 is 5.11 Å². The van der Waals surface area contributed by atoms with Gasteiger partial charge in [-0.25, -0.2) is 0 Å². The van der Waals surface area contributed by atoms with E-state index in [1.807, 2.05) is 13.8 Å². The quantitative estimate of drug-likeness (QED) is 0.887. The molecule has 1 heterocycles. The van der Waals surface area contributed by atoms with E-state index in [1.54, 1.807) is 4.68 Å². The number of rotatable bonds is 3. The summed E-state index contributed by atoms with van der Waals surface area (Å²) in [5.41, 5.74) is 0.516. The predicted molar refractivity (Wildman–Crippen MR) is 74.1 cm³/mol. The average molecular weight is 325 g/mol. The topological polar surface area (TPSA) is 38.0 Å². The Balaban J connectivity index is 2.09. The summed E-state index contributed by atoms with van der Waals surface area (Å²) in [5.74, 6) is -1.44. The van der Waals surface area contributed by atoms with Gasteiger partial charge in [0, 0.05) is 6.04 Å². The van der Waals surface area contributed by atoms with Crippen LogP contribution < -0.4 is 0 Å². The monoisotopic (exact) mass is 324 g/mol. The molecule has 0 saturated heterocycles. The number of hydrogen-bond acceptors (Lipinski definition) is 2. The van der Waals surface area contributed by atoms with Gasteiger partial charge in [0.15, 0.2) is 0 Å². The van der Waals surface area contributed by atoms with E-state index in [0.29, 0.717) is 23.6 Å². The number of aliphatic hydroxyl groups is 1. The third kappa shape index (κ3) is 3.54. The van der Waals surface area contributed by atoms with Crippen molar-refractivity contribution in [2.75, 3.05) is 0 Å². The molecule has 1 aliphatic rings. The molecule has 7 heteroatoms. The normalized spacial score (nSPS) is 25.3. The van der Waals surface area contributed by atoms with Crippen molar-refractivity contribution in [3.05, 3.63) is 16.9 Å². The van der Waals surface area contributed by atoms with Crippen molar-refractivity contribution >= 4 is 11.6 Å². The summed E-state index contributed by atoms with van der Waals surface area (Å²) in [4.78, 5) is 0. The lowest BCUT2D eigenvalue weighted by Crippen LogP contribution is -2.30. The molecule has 120 valence electrons. The average Bonchev–Trinajstić information content (AvgIpc) is 2.79. The van der Waals surface area contributed by atoms with Crippen molar-refractivity contribution in [3.8, 4) is 0 Å². The first kappa shape index (κ1) is 16.6. The largest absolute Gasteiger partial charge is 0.391 e. The second-order valence-corrected chi connectivity index (χ2v) is 6.42. The fourth-order valence-corrected chi connectivity index (χ4v) is 3.27. The van der Waals surface area contributed by atoms with Crippen LogP contribution in [-0.4, -0.2) is 21.1 Å². The number of aromatic nitrogens is 2. The SMILES string of the molecule is CC(C)n1ncc(Cl)c1C(O)C1CCC(C(F)(F)F)CC1. The van der Waals surface area contributed by atoms with E-state index in [2.05, 4.69) is 5.10 Å². The van der Waals surface area contributed by atoms with Gasteiger partial charge in [0.05, 0.1) is 28.9 Å². The maximum Gasteiger partial charge on any atom is 0.391 e. The zero-order valence-corrected chi connectivity index (χ0v) is 12.8. The molecule has 0 radical (unpaired) electrons. The molecule has 1 aromatic heterocycles. The molecule has 1 unspecified atom stereocenters. The Labute approximate surface area is 127 Å². The van der Waals surface area contributed by atoms with Crippen LogP contribution in [0.2, 0.25) is 5.02 Å². The fourth-order valence-electron chi connectivity index (χ4n) is 3.02. The maximum atomic E-state index is 12.7. The minimum atomic E-state index is -4.13. The number of aliphatic hydroxyl groups excluding tert-OH is 1. The van der Waals surface area contributed by atoms with Crippen LogP contribution in [0.4, 0.5) is 13.2 Å². The zero-order valence-electron chi connectivity index (χ0n) is 12.1. The Morgan fingerprint density at radius 3 is 2.33 bits per heavy atom. The molecular weight excluding hydrogens is 305 g/mol. The van der Waals surface area contributed by atoms with E-state index < -0.39 is 18.2 Å². The van der Waals surface area contributed by atoms with E-state index in [0.717, 1.165) is 0 Å². The highest BCUT2D eigenvalue weighted by Gasteiger charge is 2.43. The summed E-state index contributed by atoms with van der Waals surface area (Å²) in [5, 5.41) is 15.0. The van der Waals surface area contributed by atoms with Crippen molar-refractivity contribution < 1.29 is 18.3 Å². The minimum absolute atomic E-state index is 0.0358. The summed E-state index contributed by atoms with van der Waals surface area (Å²) >= 11 is 6.08. The molecule has 3 nitrogen and oxygen atoms in total. The molecule has 1 saturated carbocycles. The van der Waals surface area contributed by atoms with Crippen LogP contribution in [0.25, 0.3) is 0 Å². The summed E-state index contributed by atoms with van der Waals surface area (Å²) in [6, 6.07) is 0.0358. The van der Waals surface area contributed by atoms with Gasteiger partial charge in [0.2, 0.25) is 0 Å². The maximum absolute atomic E-state index is 12.7. The lowest BCUT2D eigenvalue weighted by Gasteiger charge is -2.33. The highest BCUT2D eigenvalue weighted by atomic mass is 35.5. The van der Waals surface area contributed by atoms with Gasteiger partial charge in [-0.2, -0.15) is 18.3 Å². The summed E-state index contributed by atoms with van der Waals surface area (Å²) in [6.07, 6.45) is -2.68. The Bertz CT molecular complexity index is 479. The fraction of sp³-hybridized carbons (Fsp3) is 0.786. The van der Waals surface area contributed by atoms with E-state index in [9.17, 15) is 18.3 Å². The molecule has 1 aliphatic carbocycles. The van der Waals surface area contributed by atoms with Crippen molar-refractivity contribution in [1.82, 2.24) is 9.78 Å².